The summed E-state index contributed by atoms with van der Waals surface area (Å²) in [5.74, 6) is -0.694. The maximum Gasteiger partial charge on any atom is 0.417 e. The van der Waals surface area contributed by atoms with E-state index in [0.29, 0.717) is 5.56 Å². The van der Waals surface area contributed by atoms with Gasteiger partial charge in [0.25, 0.3) is 0 Å². The molecule has 0 N–H and O–H groups in total. The second-order valence-corrected chi connectivity index (χ2v) is 9.04. The molecule has 0 bridgehead atoms. The van der Waals surface area contributed by atoms with Crippen LogP contribution in [-0.2, 0) is 12.6 Å². The third-order valence-electron chi connectivity index (χ3n) is 6.59. The predicted molar refractivity (Wildman–Crippen MR) is 144 cm³/mol. The largest absolute Gasteiger partial charge is 0.417 e. The SMILES string of the molecule is C=CCCc1ccc2cc(-c3ccc(-c4ccc(-c5ccccc5C(F)(F)F)c(F)c4)cc3)ccc2c1. The minimum atomic E-state index is -4.56. The van der Waals surface area contributed by atoms with E-state index in [1.54, 1.807) is 6.07 Å². The summed E-state index contributed by atoms with van der Waals surface area (Å²) < 4.78 is 55.2. The molecule has 5 aromatic rings. The van der Waals surface area contributed by atoms with Gasteiger partial charge in [-0.05, 0) is 75.2 Å². The molecule has 0 heterocycles. The Morgan fingerprint density at radius 1 is 0.622 bits per heavy atom. The second kappa shape index (κ2) is 10.1. The Hall–Kier alpha value is -4.18. The number of hydrogen-bond acceptors (Lipinski definition) is 0. The van der Waals surface area contributed by atoms with Crippen LogP contribution in [0, 0.1) is 5.82 Å². The highest BCUT2D eigenvalue weighted by Gasteiger charge is 2.33. The molecule has 0 fully saturated rings. The van der Waals surface area contributed by atoms with Gasteiger partial charge in [-0.1, -0.05) is 91.0 Å². The first-order valence-electron chi connectivity index (χ1n) is 12.0. The number of hydrogen-bond donors (Lipinski definition) is 0. The topological polar surface area (TPSA) is 0 Å². The second-order valence-electron chi connectivity index (χ2n) is 9.04. The average Bonchev–Trinajstić information content (AvgIpc) is 2.91. The van der Waals surface area contributed by atoms with E-state index >= 15 is 4.39 Å². The van der Waals surface area contributed by atoms with Gasteiger partial charge in [0.05, 0.1) is 5.56 Å². The lowest BCUT2D eigenvalue weighted by Gasteiger charge is -2.14. The van der Waals surface area contributed by atoms with Crippen molar-refractivity contribution >= 4 is 10.8 Å². The van der Waals surface area contributed by atoms with Crippen LogP contribution in [0.15, 0.2) is 116 Å². The van der Waals surface area contributed by atoms with Gasteiger partial charge in [0.1, 0.15) is 5.82 Å². The molecular formula is C33H24F4. The Morgan fingerprint density at radius 2 is 1.22 bits per heavy atom. The van der Waals surface area contributed by atoms with E-state index in [2.05, 4.69) is 43.0 Å². The molecule has 0 radical (unpaired) electrons. The molecule has 0 atom stereocenters. The van der Waals surface area contributed by atoms with Gasteiger partial charge < -0.3 is 0 Å². The smallest absolute Gasteiger partial charge is 0.206 e. The lowest BCUT2D eigenvalue weighted by Crippen LogP contribution is -2.07. The van der Waals surface area contributed by atoms with Crippen LogP contribution in [0.25, 0.3) is 44.2 Å². The highest BCUT2D eigenvalue weighted by molar-refractivity contribution is 5.88. The van der Waals surface area contributed by atoms with Crippen molar-refractivity contribution in [2.24, 2.45) is 0 Å². The van der Waals surface area contributed by atoms with Gasteiger partial charge in [-0.2, -0.15) is 13.2 Å². The van der Waals surface area contributed by atoms with Crippen LogP contribution in [0.2, 0.25) is 0 Å². The lowest BCUT2D eigenvalue weighted by atomic mass is 9.95. The number of aryl methyl sites for hydroxylation is 1. The monoisotopic (exact) mass is 496 g/mol. The summed E-state index contributed by atoms with van der Waals surface area (Å²) in [4.78, 5) is 0. The number of allylic oxidation sites excluding steroid dienone is 1. The van der Waals surface area contributed by atoms with E-state index in [9.17, 15) is 13.2 Å². The fraction of sp³-hybridized carbons (Fsp3) is 0.0909. The summed E-state index contributed by atoms with van der Waals surface area (Å²) in [5, 5.41) is 2.34. The molecule has 0 aliphatic carbocycles. The zero-order valence-electron chi connectivity index (χ0n) is 20.0. The van der Waals surface area contributed by atoms with Crippen molar-refractivity contribution in [3.63, 3.8) is 0 Å². The van der Waals surface area contributed by atoms with Crippen LogP contribution in [0.1, 0.15) is 17.5 Å². The molecule has 5 rings (SSSR count). The molecular weight excluding hydrogens is 472 g/mol. The summed E-state index contributed by atoms with van der Waals surface area (Å²) in [6.45, 7) is 3.78. The van der Waals surface area contributed by atoms with Crippen LogP contribution in [0.3, 0.4) is 0 Å². The Kier molecular flexibility index (Phi) is 6.66. The van der Waals surface area contributed by atoms with Crippen molar-refractivity contribution in [1.82, 2.24) is 0 Å². The highest BCUT2D eigenvalue weighted by Crippen LogP contribution is 2.38. The van der Waals surface area contributed by atoms with E-state index in [1.807, 2.05) is 30.3 Å². The van der Waals surface area contributed by atoms with Gasteiger partial charge in [-0.15, -0.1) is 6.58 Å². The molecule has 37 heavy (non-hydrogen) atoms. The van der Waals surface area contributed by atoms with Crippen LogP contribution in [-0.4, -0.2) is 0 Å². The Morgan fingerprint density at radius 3 is 1.89 bits per heavy atom. The molecule has 0 saturated heterocycles. The van der Waals surface area contributed by atoms with Gasteiger partial charge in [-0.25, -0.2) is 4.39 Å². The van der Waals surface area contributed by atoms with E-state index in [1.165, 1.54) is 41.3 Å². The first kappa shape index (κ1) is 24.5. The molecule has 0 amide bonds. The van der Waals surface area contributed by atoms with Crippen LogP contribution >= 0.6 is 0 Å². The van der Waals surface area contributed by atoms with Crippen molar-refractivity contribution in [3.05, 3.63) is 133 Å². The molecule has 0 nitrogen and oxygen atoms in total. The summed E-state index contributed by atoms with van der Waals surface area (Å²) in [5.41, 5.74) is 3.67. The van der Waals surface area contributed by atoms with Crippen LogP contribution in [0.5, 0.6) is 0 Å². The minimum absolute atomic E-state index is 0.0721. The summed E-state index contributed by atoms with van der Waals surface area (Å²) in [6, 6.07) is 30.0. The normalized spacial score (nSPS) is 11.6. The first-order chi connectivity index (χ1) is 17.8. The fourth-order valence-corrected chi connectivity index (χ4v) is 4.63. The van der Waals surface area contributed by atoms with Crippen molar-refractivity contribution in [2.45, 2.75) is 19.0 Å². The molecule has 0 spiro atoms. The number of halogens is 4. The maximum absolute atomic E-state index is 15.0. The molecule has 0 unspecified atom stereocenters. The molecule has 0 aromatic heterocycles. The van der Waals surface area contributed by atoms with Gasteiger partial charge >= 0.3 is 6.18 Å². The average molecular weight is 497 g/mol. The van der Waals surface area contributed by atoms with E-state index < -0.39 is 17.6 Å². The third kappa shape index (κ3) is 5.19. The van der Waals surface area contributed by atoms with Crippen molar-refractivity contribution < 1.29 is 17.6 Å². The third-order valence-corrected chi connectivity index (χ3v) is 6.59. The zero-order valence-corrected chi connectivity index (χ0v) is 20.0. The van der Waals surface area contributed by atoms with Crippen LogP contribution < -0.4 is 0 Å². The number of benzene rings is 5. The van der Waals surface area contributed by atoms with Crippen molar-refractivity contribution in [3.8, 4) is 33.4 Å². The van der Waals surface area contributed by atoms with Gasteiger partial charge in [-0.3, -0.25) is 0 Å². The van der Waals surface area contributed by atoms with Gasteiger partial charge in [0, 0.05) is 5.56 Å². The van der Waals surface area contributed by atoms with Crippen LogP contribution in [0.4, 0.5) is 17.6 Å². The number of fused-ring (bicyclic) bond motifs is 1. The maximum atomic E-state index is 15.0. The highest BCUT2D eigenvalue weighted by atomic mass is 19.4. The Balaban J connectivity index is 1.41. The fourth-order valence-electron chi connectivity index (χ4n) is 4.63. The minimum Gasteiger partial charge on any atom is -0.206 e. The molecule has 0 aliphatic rings. The van der Waals surface area contributed by atoms with Crippen molar-refractivity contribution in [2.75, 3.05) is 0 Å². The summed E-state index contributed by atoms with van der Waals surface area (Å²) in [7, 11) is 0. The van der Waals surface area contributed by atoms with E-state index in [0.717, 1.165) is 41.0 Å². The standard InChI is InChI=1S/C33H24F4/c1-2-3-6-22-9-10-27-20-26(16-15-25(27)19-22)23-11-13-24(14-12-23)28-17-18-30(32(34)21-28)29-7-4-5-8-31(29)33(35,36)37/h2,4-5,7-21H,1,3,6H2. The Bertz CT molecular complexity index is 1580. The molecule has 184 valence electrons. The van der Waals surface area contributed by atoms with E-state index in [-0.39, 0.29) is 11.1 Å². The quantitative estimate of drug-likeness (QED) is 0.162. The molecule has 0 saturated carbocycles. The predicted octanol–water partition coefficient (Wildman–Crippen LogP) is 10.1. The Labute approximate surface area is 213 Å². The van der Waals surface area contributed by atoms with Gasteiger partial charge in [0.2, 0.25) is 0 Å². The van der Waals surface area contributed by atoms with Gasteiger partial charge in [0.15, 0.2) is 0 Å². The molecule has 0 aliphatic heterocycles. The lowest BCUT2D eigenvalue weighted by molar-refractivity contribution is -0.137. The zero-order chi connectivity index (χ0) is 26.0. The van der Waals surface area contributed by atoms with Crippen molar-refractivity contribution in [1.29, 1.82) is 0 Å². The van der Waals surface area contributed by atoms with E-state index in [4.69, 9.17) is 0 Å². The number of rotatable bonds is 6. The summed E-state index contributed by atoms with van der Waals surface area (Å²) in [6.07, 6.45) is -0.719. The first-order valence-corrected chi connectivity index (χ1v) is 12.0. The number of alkyl halides is 3. The molecule has 4 heteroatoms. The molecule has 5 aromatic carbocycles. The summed E-state index contributed by atoms with van der Waals surface area (Å²) >= 11 is 0.